The Morgan fingerprint density at radius 3 is 2.33 bits per heavy atom. The van der Waals surface area contributed by atoms with Crippen LogP contribution in [0.1, 0.15) is 82.4 Å². The first-order valence-electron chi connectivity index (χ1n) is 14.7. The maximum Gasteiger partial charge on any atom is 0.360 e. The number of para-hydroxylation sites is 2. The molecule has 4 bridgehead atoms. The fourth-order valence-electron chi connectivity index (χ4n) is 8.22. The third-order valence-corrected chi connectivity index (χ3v) is 9.65. The summed E-state index contributed by atoms with van der Waals surface area (Å²) in [6.45, 7) is 0.343. The van der Waals surface area contributed by atoms with Crippen LogP contribution in [0.3, 0.4) is 0 Å². The van der Waals surface area contributed by atoms with E-state index in [-0.39, 0.29) is 24.9 Å². The van der Waals surface area contributed by atoms with Crippen molar-refractivity contribution in [2.75, 3.05) is 20.3 Å². The zero-order valence-electron chi connectivity index (χ0n) is 22.8. The second kappa shape index (κ2) is 11.4. The highest BCUT2D eigenvalue weighted by Gasteiger charge is 2.45. The van der Waals surface area contributed by atoms with Crippen LogP contribution in [0.25, 0.3) is 11.0 Å². The number of carboxylic acids is 1. The van der Waals surface area contributed by atoms with Gasteiger partial charge in [-0.1, -0.05) is 43.0 Å². The third-order valence-electron chi connectivity index (χ3n) is 9.65. The number of carboxylic acid groups (broad SMARTS) is 1. The first-order valence-corrected chi connectivity index (χ1v) is 14.7. The predicted octanol–water partition coefficient (Wildman–Crippen LogP) is 4.38. The van der Waals surface area contributed by atoms with Crippen molar-refractivity contribution in [3.63, 3.8) is 0 Å². The van der Waals surface area contributed by atoms with Gasteiger partial charge in [-0.25, -0.2) is 9.78 Å². The normalized spacial score (nSPS) is 31.3. The minimum absolute atomic E-state index is 0.0109. The van der Waals surface area contributed by atoms with Crippen LogP contribution in [-0.2, 0) is 14.4 Å². The maximum absolute atomic E-state index is 14.0. The SMILES string of the molecule is COCCO/N=C(\C(=O)O)c1nc2ccccc2n([C@H]2C[C@H]3CCC[C@@H](C2)N3[C@H]2C[C@@H]3CCC[C@@H](C3)C2)c1=O. The molecule has 1 N–H and O–H groups in total. The average molecular weight is 537 g/mol. The van der Waals surface area contributed by atoms with E-state index < -0.39 is 17.2 Å². The van der Waals surface area contributed by atoms with E-state index >= 15 is 0 Å². The van der Waals surface area contributed by atoms with Crippen LogP contribution in [0.15, 0.2) is 34.2 Å². The van der Waals surface area contributed by atoms with Crippen LogP contribution in [0.2, 0.25) is 0 Å². The van der Waals surface area contributed by atoms with E-state index in [1.165, 1.54) is 64.9 Å². The number of fused-ring (bicyclic) bond motifs is 5. The van der Waals surface area contributed by atoms with Crippen LogP contribution >= 0.6 is 0 Å². The Labute approximate surface area is 229 Å². The summed E-state index contributed by atoms with van der Waals surface area (Å²) in [4.78, 5) is 38.7. The number of aromatic nitrogens is 2. The molecule has 0 amide bonds. The van der Waals surface area contributed by atoms with E-state index in [1.807, 2.05) is 28.8 Å². The minimum atomic E-state index is -1.34. The molecule has 2 saturated carbocycles. The van der Waals surface area contributed by atoms with Crippen LogP contribution in [0.5, 0.6) is 0 Å². The molecule has 6 atom stereocenters. The molecule has 39 heavy (non-hydrogen) atoms. The first-order chi connectivity index (χ1) is 19.0. The molecule has 2 aliphatic heterocycles. The van der Waals surface area contributed by atoms with Crippen molar-refractivity contribution >= 4 is 22.7 Å². The molecule has 4 aliphatic rings. The van der Waals surface area contributed by atoms with E-state index in [0.29, 0.717) is 23.6 Å². The molecule has 3 heterocycles. The topological polar surface area (TPSA) is 106 Å². The molecule has 0 spiro atoms. The number of methoxy groups -OCH3 is 1. The van der Waals surface area contributed by atoms with E-state index in [0.717, 1.165) is 30.2 Å². The molecule has 9 heteroatoms. The van der Waals surface area contributed by atoms with E-state index in [9.17, 15) is 14.7 Å². The van der Waals surface area contributed by atoms with Crippen molar-refractivity contribution in [2.24, 2.45) is 17.0 Å². The summed E-state index contributed by atoms with van der Waals surface area (Å²) in [5, 5.41) is 13.7. The molecular formula is C30H40N4O5. The second-order valence-electron chi connectivity index (χ2n) is 12.0. The van der Waals surface area contributed by atoms with E-state index in [2.05, 4.69) is 15.0 Å². The van der Waals surface area contributed by atoms with Gasteiger partial charge in [-0.15, -0.1) is 0 Å². The molecule has 0 radical (unpaired) electrons. The Balaban J connectivity index is 1.34. The maximum atomic E-state index is 14.0. The van der Waals surface area contributed by atoms with Gasteiger partial charge < -0.3 is 19.2 Å². The lowest BCUT2D eigenvalue weighted by molar-refractivity contribution is -0.129. The minimum Gasteiger partial charge on any atom is -0.476 e. The number of rotatable bonds is 8. The average Bonchev–Trinajstić information content (AvgIpc) is 2.92. The largest absolute Gasteiger partial charge is 0.476 e. The van der Waals surface area contributed by atoms with E-state index in [1.54, 1.807) is 0 Å². The monoisotopic (exact) mass is 536 g/mol. The third kappa shape index (κ3) is 5.23. The molecule has 6 rings (SSSR count). The van der Waals surface area contributed by atoms with Crippen molar-refractivity contribution in [3.05, 3.63) is 40.3 Å². The smallest absolute Gasteiger partial charge is 0.360 e. The Morgan fingerprint density at radius 2 is 1.64 bits per heavy atom. The molecule has 2 aromatic rings. The van der Waals surface area contributed by atoms with Gasteiger partial charge >= 0.3 is 5.97 Å². The number of hydrogen-bond acceptors (Lipinski definition) is 7. The van der Waals surface area contributed by atoms with Crippen molar-refractivity contribution in [1.29, 1.82) is 0 Å². The molecule has 9 nitrogen and oxygen atoms in total. The summed E-state index contributed by atoms with van der Waals surface area (Å²) in [6, 6.07) is 9.10. The van der Waals surface area contributed by atoms with Crippen LogP contribution in [-0.4, -0.2) is 69.7 Å². The van der Waals surface area contributed by atoms with Crippen molar-refractivity contribution in [3.8, 4) is 0 Å². The fraction of sp³-hybridized carbons (Fsp3) is 0.667. The number of benzene rings is 1. The van der Waals surface area contributed by atoms with Gasteiger partial charge in [-0.05, 0) is 68.9 Å². The van der Waals surface area contributed by atoms with Crippen molar-refractivity contribution in [2.45, 2.75) is 94.8 Å². The Morgan fingerprint density at radius 1 is 0.949 bits per heavy atom. The van der Waals surface area contributed by atoms with Gasteiger partial charge in [-0.2, -0.15) is 0 Å². The van der Waals surface area contributed by atoms with Gasteiger partial charge in [0.25, 0.3) is 5.56 Å². The number of nitrogens with zero attached hydrogens (tertiary/aromatic N) is 4. The predicted molar refractivity (Wildman–Crippen MR) is 148 cm³/mol. The highest BCUT2D eigenvalue weighted by atomic mass is 16.6. The van der Waals surface area contributed by atoms with Gasteiger partial charge in [-0.3, -0.25) is 9.69 Å². The van der Waals surface area contributed by atoms with Gasteiger partial charge in [0.2, 0.25) is 5.71 Å². The number of carbonyl (C=O) groups is 1. The molecule has 4 fully saturated rings. The number of hydrogen-bond donors (Lipinski definition) is 1. The molecule has 1 aromatic heterocycles. The lowest BCUT2D eigenvalue weighted by atomic mass is 9.68. The standard InChI is InChI=1S/C30H40N4O5/c1-38-12-13-39-32-28(30(36)37)27-29(35)34(26-11-3-2-10-25(26)31-27)24-17-21-8-5-9-22(18-24)33(21)23-15-19-6-4-7-20(14-19)16-23/h2-3,10-11,19-24H,4-9,12-18H2,1H3,(H,36,37)/b32-28-/t19-,20+,21-,22+,23+,24+. The van der Waals surface area contributed by atoms with Crippen molar-refractivity contribution in [1.82, 2.24) is 14.5 Å². The molecule has 1 aromatic carbocycles. The van der Waals surface area contributed by atoms with Crippen LogP contribution in [0, 0.1) is 11.8 Å². The zero-order chi connectivity index (χ0) is 26.9. The van der Waals surface area contributed by atoms with Gasteiger partial charge in [0.05, 0.1) is 17.6 Å². The van der Waals surface area contributed by atoms with Crippen molar-refractivity contribution < 1.29 is 19.5 Å². The number of piperidine rings is 2. The lowest BCUT2D eigenvalue weighted by Crippen LogP contribution is -2.58. The number of aliphatic carboxylic acids is 1. The van der Waals surface area contributed by atoms with Crippen LogP contribution in [0.4, 0.5) is 0 Å². The van der Waals surface area contributed by atoms with Gasteiger partial charge in [0.15, 0.2) is 5.69 Å². The van der Waals surface area contributed by atoms with Crippen LogP contribution < -0.4 is 5.56 Å². The highest BCUT2D eigenvalue weighted by Crippen LogP contribution is 2.47. The Hall–Kier alpha value is -2.78. The number of oxime groups is 1. The first kappa shape index (κ1) is 26.4. The molecular weight excluding hydrogens is 496 g/mol. The molecule has 0 unspecified atom stereocenters. The molecule has 2 aliphatic carbocycles. The zero-order valence-corrected chi connectivity index (χ0v) is 22.8. The summed E-state index contributed by atoms with van der Waals surface area (Å²) >= 11 is 0. The lowest BCUT2D eigenvalue weighted by Gasteiger charge is -2.55. The fourth-order valence-corrected chi connectivity index (χ4v) is 8.22. The quantitative estimate of drug-likeness (QED) is 0.303. The van der Waals surface area contributed by atoms with Gasteiger partial charge in [0.1, 0.15) is 6.61 Å². The summed E-state index contributed by atoms with van der Waals surface area (Å²) in [6.07, 6.45) is 13.6. The Bertz CT molecular complexity index is 1270. The Kier molecular flexibility index (Phi) is 7.71. The van der Waals surface area contributed by atoms with E-state index in [4.69, 9.17) is 9.57 Å². The second-order valence-corrected chi connectivity index (χ2v) is 12.0. The summed E-state index contributed by atoms with van der Waals surface area (Å²) < 4.78 is 6.78. The molecule has 2 saturated heterocycles. The van der Waals surface area contributed by atoms with Gasteiger partial charge in [0, 0.05) is 31.3 Å². The summed E-state index contributed by atoms with van der Waals surface area (Å²) in [5.74, 6) is 0.429. The summed E-state index contributed by atoms with van der Waals surface area (Å²) in [5.41, 5.74) is 0.285. The summed E-state index contributed by atoms with van der Waals surface area (Å²) in [7, 11) is 1.52. The highest BCUT2D eigenvalue weighted by molar-refractivity contribution is 6.41. The molecule has 210 valence electrons. The number of ether oxygens (including phenoxy) is 1.